The number of amides is 1. The summed E-state index contributed by atoms with van der Waals surface area (Å²) >= 11 is 0. The van der Waals surface area contributed by atoms with Crippen LogP contribution in [-0.2, 0) is 11.2 Å². The van der Waals surface area contributed by atoms with E-state index in [9.17, 15) is 4.79 Å². The van der Waals surface area contributed by atoms with Crippen LogP contribution in [-0.4, -0.2) is 22.8 Å². The summed E-state index contributed by atoms with van der Waals surface area (Å²) in [6.45, 7) is 0.288. The van der Waals surface area contributed by atoms with Crippen molar-refractivity contribution in [3.8, 4) is 11.1 Å². The smallest absolute Gasteiger partial charge is 0.404 e. The Kier molecular flexibility index (Phi) is 6.75. The van der Waals surface area contributed by atoms with Gasteiger partial charge in [-0.1, -0.05) is 59.8 Å². The van der Waals surface area contributed by atoms with Gasteiger partial charge in [0.05, 0.1) is 12.6 Å². The molecule has 1 aromatic heterocycles. The summed E-state index contributed by atoms with van der Waals surface area (Å²) in [4.78, 5) is 14.9. The second-order valence-corrected chi connectivity index (χ2v) is 6.56. The van der Waals surface area contributed by atoms with Crippen molar-refractivity contribution >= 4 is 6.09 Å². The van der Waals surface area contributed by atoms with E-state index < -0.39 is 6.09 Å². The summed E-state index contributed by atoms with van der Waals surface area (Å²) in [5.74, 6) is 1.03. The standard InChI is InChI=1S/C21H24N4O3/c22-18(8-4-5-13-27-21(23)26)20-24-19(25-28-20)14-15-9-11-17(12-10-15)16-6-2-1-3-7-16/h1-3,6-7,9-12,18H,4-5,8,13-14,22H2,(H2,23,26)/t18-/m0/s1. The predicted molar refractivity (Wildman–Crippen MR) is 105 cm³/mol. The number of hydrogen-bond acceptors (Lipinski definition) is 6. The van der Waals surface area contributed by atoms with Gasteiger partial charge in [-0.05, 0) is 36.0 Å². The highest BCUT2D eigenvalue weighted by Gasteiger charge is 2.15. The van der Waals surface area contributed by atoms with Crippen LogP contribution in [0.1, 0.15) is 42.6 Å². The maximum Gasteiger partial charge on any atom is 0.404 e. The van der Waals surface area contributed by atoms with Gasteiger partial charge in [0.2, 0.25) is 5.89 Å². The first-order valence-corrected chi connectivity index (χ1v) is 9.26. The lowest BCUT2D eigenvalue weighted by Gasteiger charge is -2.06. The zero-order valence-electron chi connectivity index (χ0n) is 15.6. The monoisotopic (exact) mass is 380 g/mol. The normalized spacial score (nSPS) is 11.9. The number of hydrogen-bond donors (Lipinski definition) is 2. The van der Waals surface area contributed by atoms with Gasteiger partial charge in [0.25, 0.3) is 0 Å². The molecule has 0 saturated heterocycles. The Morgan fingerprint density at radius 1 is 1.04 bits per heavy atom. The Bertz CT molecular complexity index is 878. The number of carbonyl (C=O) groups excluding carboxylic acids is 1. The lowest BCUT2D eigenvalue weighted by Crippen LogP contribution is -2.14. The molecular weight excluding hydrogens is 356 g/mol. The fraction of sp³-hybridized carbons (Fsp3) is 0.286. The fourth-order valence-corrected chi connectivity index (χ4v) is 2.88. The van der Waals surface area contributed by atoms with Gasteiger partial charge < -0.3 is 20.7 Å². The van der Waals surface area contributed by atoms with E-state index in [-0.39, 0.29) is 12.6 Å². The van der Waals surface area contributed by atoms with Crippen molar-refractivity contribution < 1.29 is 14.1 Å². The minimum absolute atomic E-state index is 0.288. The molecule has 146 valence electrons. The van der Waals surface area contributed by atoms with Crippen LogP contribution in [0.15, 0.2) is 59.1 Å². The minimum atomic E-state index is -0.761. The van der Waals surface area contributed by atoms with E-state index in [1.54, 1.807) is 0 Å². The van der Waals surface area contributed by atoms with Crippen LogP contribution < -0.4 is 11.5 Å². The fourth-order valence-electron chi connectivity index (χ4n) is 2.88. The third kappa shape index (κ3) is 5.65. The SMILES string of the molecule is NC(=O)OCCCC[C@H](N)c1nc(Cc2ccc(-c3ccccc3)cc2)no1. The third-order valence-corrected chi connectivity index (χ3v) is 4.38. The first kappa shape index (κ1) is 19.6. The molecule has 0 fully saturated rings. The molecule has 28 heavy (non-hydrogen) atoms. The average molecular weight is 380 g/mol. The van der Waals surface area contributed by atoms with Gasteiger partial charge in [-0.3, -0.25) is 0 Å². The van der Waals surface area contributed by atoms with Crippen molar-refractivity contribution in [2.24, 2.45) is 11.5 Å². The molecule has 4 N–H and O–H groups in total. The molecule has 7 heteroatoms. The van der Waals surface area contributed by atoms with Gasteiger partial charge in [0.1, 0.15) is 0 Å². The quantitative estimate of drug-likeness (QED) is 0.548. The zero-order valence-corrected chi connectivity index (χ0v) is 15.6. The maximum absolute atomic E-state index is 10.5. The summed E-state index contributed by atoms with van der Waals surface area (Å²) in [7, 11) is 0. The number of unbranched alkanes of at least 4 members (excludes halogenated alkanes) is 1. The van der Waals surface area contributed by atoms with E-state index in [0.29, 0.717) is 31.0 Å². The molecule has 3 rings (SSSR count). The molecule has 1 amide bonds. The van der Waals surface area contributed by atoms with Crippen molar-refractivity contribution in [2.45, 2.75) is 31.7 Å². The highest BCUT2D eigenvalue weighted by molar-refractivity contribution is 5.64. The van der Waals surface area contributed by atoms with E-state index in [4.69, 9.17) is 16.0 Å². The number of rotatable bonds is 9. The summed E-state index contributed by atoms with van der Waals surface area (Å²) in [5, 5.41) is 4.03. The van der Waals surface area contributed by atoms with Crippen LogP contribution in [0.3, 0.4) is 0 Å². The van der Waals surface area contributed by atoms with Crippen LogP contribution in [0.2, 0.25) is 0 Å². The second kappa shape index (κ2) is 9.66. The number of nitrogens with zero attached hydrogens (tertiary/aromatic N) is 2. The molecule has 1 heterocycles. The average Bonchev–Trinajstić information content (AvgIpc) is 3.17. The number of ether oxygens (including phenoxy) is 1. The molecule has 7 nitrogen and oxygen atoms in total. The summed E-state index contributed by atoms with van der Waals surface area (Å²) < 4.78 is 9.98. The summed E-state index contributed by atoms with van der Waals surface area (Å²) in [6, 6.07) is 18.2. The van der Waals surface area contributed by atoms with Crippen LogP contribution in [0.5, 0.6) is 0 Å². The van der Waals surface area contributed by atoms with Crippen molar-refractivity contribution in [1.29, 1.82) is 0 Å². The topological polar surface area (TPSA) is 117 Å². The lowest BCUT2D eigenvalue weighted by molar-refractivity contribution is 0.154. The van der Waals surface area contributed by atoms with Gasteiger partial charge in [0.15, 0.2) is 5.82 Å². The molecular formula is C21H24N4O3. The lowest BCUT2D eigenvalue weighted by atomic mass is 10.0. The van der Waals surface area contributed by atoms with Crippen LogP contribution in [0.4, 0.5) is 4.79 Å². The zero-order chi connectivity index (χ0) is 19.8. The molecule has 0 unspecified atom stereocenters. The number of nitrogens with two attached hydrogens (primary N) is 2. The number of aromatic nitrogens is 2. The molecule has 0 aliphatic heterocycles. The Morgan fingerprint density at radius 3 is 2.46 bits per heavy atom. The number of benzene rings is 2. The summed E-state index contributed by atoms with van der Waals surface area (Å²) in [5.41, 5.74) is 14.5. The molecule has 0 spiro atoms. The summed E-state index contributed by atoms with van der Waals surface area (Å²) in [6.07, 6.45) is 1.94. The van der Waals surface area contributed by atoms with Gasteiger partial charge in [-0.25, -0.2) is 4.79 Å². The molecule has 2 aromatic carbocycles. The Labute approximate surface area is 163 Å². The first-order chi connectivity index (χ1) is 13.6. The molecule has 0 aliphatic carbocycles. The molecule has 0 bridgehead atoms. The third-order valence-electron chi connectivity index (χ3n) is 4.38. The number of primary amides is 1. The molecule has 3 aromatic rings. The van der Waals surface area contributed by atoms with Gasteiger partial charge in [-0.2, -0.15) is 4.98 Å². The maximum atomic E-state index is 10.5. The Morgan fingerprint density at radius 2 is 1.75 bits per heavy atom. The molecule has 0 radical (unpaired) electrons. The van der Waals surface area contributed by atoms with Crippen molar-refractivity contribution in [3.05, 3.63) is 71.9 Å². The van der Waals surface area contributed by atoms with Crippen molar-refractivity contribution in [2.75, 3.05) is 6.61 Å². The van der Waals surface area contributed by atoms with E-state index in [2.05, 4.69) is 51.3 Å². The predicted octanol–water partition coefficient (Wildman–Crippen LogP) is 3.59. The second-order valence-electron chi connectivity index (χ2n) is 6.56. The minimum Gasteiger partial charge on any atom is -0.450 e. The first-order valence-electron chi connectivity index (χ1n) is 9.26. The van der Waals surface area contributed by atoms with Gasteiger partial charge in [0, 0.05) is 6.42 Å². The Hall–Kier alpha value is -3.19. The highest BCUT2D eigenvalue weighted by Crippen LogP contribution is 2.21. The van der Waals surface area contributed by atoms with Crippen LogP contribution in [0, 0.1) is 0 Å². The van der Waals surface area contributed by atoms with Crippen LogP contribution in [0.25, 0.3) is 11.1 Å². The van der Waals surface area contributed by atoms with Crippen molar-refractivity contribution in [3.63, 3.8) is 0 Å². The van der Waals surface area contributed by atoms with E-state index in [1.807, 2.05) is 18.2 Å². The molecule has 1 atom stereocenters. The highest BCUT2D eigenvalue weighted by atomic mass is 16.5. The Balaban J connectivity index is 1.50. The largest absolute Gasteiger partial charge is 0.450 e. The van der Waals surface area contributed by atoms with Gasteiger partial charge >= 0.3 is 6.09 Å². The molecule has 0 saturated carbocycles. The van der Waals surface area contributed by atoms with E-state index in [1.165, 1.54) is 11.1 Å². The van der Waals surface area contributed by atoms with Gasteiger partial charge in [-0.15, -0.1) is 0 Å². The van der Waals surface area contributed by atoms with E-state index >= 15 is 0 Å². The molecule has 0 aliphatic rings. The van der Waals surface area contributed by atoms with E-state index in [0.717, 1.165) is 12.0 Å². The van der Waals surface area contributed by atoms with Crippen molar-refractivity contribution in [1.82, 2.24) is 10.1 Å². The van der Waals surface area contributed by atoms with Crippen LogP contribution >= 0.6 is 0 Å². The number of carbonyl (C=O) groups is 1.